The molecular weight excluding hydrogens is 347 g/mol. The van der Waals surface area contributed by atoms with Crippen molar-refractivity contribution in [3.05, 3.63) is 63.6 Å². The van der Waals surface area contributed by atoms with Gasteiger partial charge in [0.2, 0.25) is 11.8 Å². The van der Waals surface area contributed by atoms with Gasteiger partial charge in [-0.3, -0.25) is 9.59 Å². The van der Waals surface area contributed by atoms with E-state index in [4.69, 9.17) is 23.2 Å². The first-order valence-electron chi connectivity index (χ1n) is 7.39. The quantitative estimate of drug-likeness (QED) is 0.865. The lowest BCUT2D eigenvalue weighted by Gasteiger charge is -2.15. The predicted molar refractivity (Wildman–Crippen MR) is 97.4 cm³/mol. The number of nitrogens with zero attached hydrogens (tertiary/aromatic N) is 1. The van der Waals surface area contributed by atoms with Gasteiger partial charge in [0.1, 0.15) is 0 Å². The van der Waals surface area contributed by atoms with Crippen molar-refractivity contribution < 1.29 is 9.59 Å². The number of nitrogens with one attached hydrogen (secondary N) is 1. The Morgan fingerprint density at radius 1 is 1.12 bits per heavy atom. The highest BCUT2D eigenvalue weighted by molar-refractivity contribution is 6.35. The predicted octanol–water partition coefficient (Wildman–Crippen LogP) is 4.15. The number of hydrogen-bond acceptors (Lipinski definition) is 2. The van der Waals surface area contributed by atoms with Crippen LogP contribution in [0.5, 0.6) is 0 Å². The Balaban J connectivity index is 2.02. The lowest BCUT2D eigenvalue weighted by atomic mass is 10.1. The van der Waals surface area contributed by atoms with Crippen LogP contribution in [0.1, 0.15) is 18.1 Å². The van der Waals surface area contributed by atoms with Crippen molar-refractivity contribution in [2.75, 3.05) is 12.4 Å². The molecule has 0 saturated carbocycles. The molecule has 0 radical (unpaired) electrons. The molecule has 2 aromatic rings. The fourth-order valence-electron chi connectivity index (χ4n) is 2.18. The number of hydrogen-bond donors (Lipinski definition) is 1. The van der Waals surface area contributed by atoms with Gasteiger partial charge in [0.15, 0.2) is 0 Å². The summed E-state index contributed by atoms with van der Waals surface area (Å²) in [6.07, 6.45) is 0.160. The summed E-state index contributed by atoms with van der Waals surface area (Å²) in [7, 11) is 1.73. The lowest BCUT2D eigenvalue weighted by Crippen LogP contribution is -2.23. The third kappa shape index (κ3) is 5.25. The van der Waals surface area contributed by atoms with E-state index in [-0.39, 0.29) is 18.2 Å². The fourth-order valence-corrected chi connectivity index (χ4v) is 2.65. The molecule has 24 heavy (non-hydrogen) atoms. The van der Waals surface area contributed by atoms with Crippen LogP contribution in [-0.2, 0) is 22.6 Å². The maximum atomic E-state index is 12.2. The topological polar surface area (TPSA) is 49.4 Å². The smallest absolute Gasteiger partial charge is 0.228 e. The highest BCUT2D eigenvalue weighted by Gasteiger charge is 2.09. The Morgan fingerprint density at radius 2 is 1.88 bits per heavy atom. The van der Waals surface area contributed by atoms with E-state index in [0.29, 0.717) is 27.8 Å². The molecule has 0 heterocycles. The van der Waals surface area contributed by atoms with E-state index in [1.165, 1.54) is 6.92 Å². The molecule has 4 nitrogen and oxygen atoms in total. The molecular formula is C18H18Cl2N2O2. The first kappa shape index (κ1) is 18.3. The minimum atomic E-state index is -0.170. The Morgan fingerprint density at radius 3 is 2.54 bits per heavy atom. The summed E-state index contributed by atoms with van der Waals surface area (Å²) in [4.78, 5) is 25.1. The van der Waals surface area contributed by atoms with E-state index in [1.54, 1.807) is 36.2 Å². The Labute approximate surface area is 151 Å². The molecule has 2 amide bonds. The number of halogens is 2. The first-order valence-corrected chi connectivity index (χ1v) is 8.15. The second-order valence-corrected chi connectivity index (χ2v) is 6.38. The van der Waals surface area contributed by atoms with Gasteiger partial charge in [-0.25, -0.2) is 0 Å². The molecule has 0 aliphatic rings. The zero-order valence-electron chi connectivity index (χ0n) is 13.5. The van der Waals surface area contributed by atoms with Crippen molar-refractivity contribution in [3.8, 4) is 0 Å². The van der Waals surface area contributed by atoms with Gasteiger partial charge in [0.05, 0.1) is 6.42 Å². The fraction of sp³-hybridized carbons (Fsp3) is 0.222. The van der Waals surface area contributed by atoms with Gasteiger partial charge in [-0.1, -0.05) is 41.4 Å². The number of amides is 2. The van der Waals surface area contributed by atoms with Crippen LogP contribution in [0.4, 0.5) is 5.69 Å². The molecule has 0 atom stereocenters. The van der Waals surface area contributed by atoms with Crippen LogP contribution in [0.2, 0.25) is 10.0 Å². The molecule has 1 N–H and O–H groups in total. The van der Waals surface area contributed by atoms with Crippen molar-refractivity contribution in [2.24, 2.45) is 0 Å². The van der Waals surface area contributed by atoms with E-state index in [2.05, 4.69) is 5.32 Å². The molecule has 2 rings (SSSR count). The van der Waals surface area contributed by atoms with Gasteiger partial charge in [-0.15, -0.1) is 0 Å². The number of carbonyl (C=O) groups is 2. The molecule has 0 aliphatic heterocycles. The summed E-state index contributed by atoms with van der Waals surface area (Å²) in [5.41, 5.74) is 2.33. The summed E-state index contributed by atoms with van der Waals surface area (Å²) < 4.78 is 0. The molecule has 0 unspecified atom stereocenters. The molecule has 0 fully saturated rings. The molecule has 6 heteroatoms. The Bertz CT molecular complexity index is 762. The largest absolute Gasteiger partial charge is 0.342 e. The molecule has 2 aromatic carbocycles. The van der Waals surface area contributed by atoms with E-state index in [9.17, 15) is 9.59 Å². The number of benzene rings is 2. The summed E-state index contributed by atoms with van der Waals surface area (Å²) in [5.74, 6) is -0.182. The van der Waals surface area contributed by atoms with Gasteiger partial charge in [0, 0.05) is 36.2 Å². The lowest BCUT2D eigenvalue weighted by molar-refractivity contribution is -0.128. The maximum absolute atomic E-state index is 12.2. The van der Waals surface area contributed by atoms with Crippen LogP contribution in [0.15, 0.2) is 42.5 Å². The Hall–Kier alpha value is -2.04. The van der Waals surface area contributed by atoms with Gasteiger partial charge in [-0.2, -0.15) is 0 Å². The van der Waals surface area contributed by atoms with Crippen LogP contribution in [0.25, 0.3) is 0 Å². The van der Waals surface area contributed by atoms with E-state index >= 15 is 0 Å². The van der Waals surface area contributed by atoms with E-state index in [0.717, 1.165) is 5.56 Å². The van der Waals surface area contributed by atoms with Gasteiger partial charge >= 0.3 is 0 Å². The molecule has 126 valence electrons. The van der Waals surface area contributed by atoms with E-state index < -0.39 is 0 Å². The van der Waals surface area contributed by atoms with Gasteiger partial charge < -0.3 is 10.2 Å². The zero-order valence-corrected chi connectivity index (χ0v) is 15.0. The molecule has 0 aliphatic carbocycles. The van der Waals surface area contributed by atoms with Gasteiger partial charge in [0.25, 0.3) is 0 Å². The SMILES string of the molecule is CC(=O)N(C)Cc1cccc(NC(=O)Cc2ccc(Cl)cc2Cl)c1. The van der Waals surface area contributed by atoms with E-state index in [1.807, 2.05) is 18.2 Å². The number of rotatable bonds is 5. The average molecular weight is 365 g/mol. The van der Waals surface area contributed by atoms with Crippen LogP contribution in [0, 0.1) is 0 Å². The summed E-state index contributed by atoms with van der Waals surface area (Å²) in [5, 5.41) is 3.84. The molecule has 0 saturated heterocycles. The summed E-state index contributed by atoms with van der Waals surface area (Å²) in [6.45, 7) is 2.00. The third-order valence-electron chi connectivity index (χ3n) is 3.53. The molecule has 0 bridgehead atoms. The minimum absolute atomic E-state index is 0.0122. The highest BCUT2D eigenvalue weighted by atomic mass is 35.5. The Kier molecular flexibility index (Phi) is 6.23. The van der Waals surface area contributed by atoms with Crippen LogP contribution in [-0.4, -0.2) is 23.8 Å². The maximum Gasteiger partial charge on any atom is 0.228 e. The standard InChI is InChI=1S/C18H18Cl2N2O2/c1-12(23)22(2)11-13-4-3-5-16(8-13)21-18(24)9-14-6-7-15(19)10-17(14)20/h3-8,10H,9,11H2,1-2H3,(H,21,24). The number of carbonyl (C=O) groups excluding carboxylic acids is 2. The van der Waals surface area contributed by atoms with Crippen molar-refractivity contribution in [1.29, 1.82) is 0 Å². The van der Waals surface area contributed by atoms with Crippen molar-refractivity contribution in [1.82, 2.24) is 4.90 Å². The average Bonchev–Trinajstić information content (AvgIpc) is 2.50. The monoisotopic (exact) mass is 364 g/mol. The van der Waals surface area contributed by atoms with Crippen molar-refractivity contribution in [2.45, 2.75) is 19.9 Å². The number of anilines is 1. The van der Waals surface area contributed by atoms with Crippen LogP contribution >= 0.6 is 23.2 Å². The normalized spacial score (nSPS) is 10.3. The minimum Gasteiger partial charge on any atom is -0.342 e. The second-order valence-electron chi connectivity index (χ2n) is 5.54. The first-order chi connectivity index (χ1) is 11.3. The third-order valence-corrected chi connectivity index (χ3v) is 4.12. The van der Waals surface area contributed by atoms with Gasteiger partial charge in [-0.05, 0) is 35.4 Å². The van der Waals surface area contributed by atoms with Crippen LogP contribution < -0.4 is 5.32 Å². The van der Waals surface area contributed by atoms with Crippen LogP contribution in [0.3, 0.4) is 0 Å². The zero-order chi connectivity index (χ0) is 17.7. The van der Waals surface area contributed by atoms with Crippen molar-refractivity contribution in [3.63, 3.8) is 0 Å². The summed E-state index contributed by atoms with van der Waals surface area (Å²) >= 11 is 11.9. The molecule has 0 spiro atoms. The highest BCUT2D eigenvalue weighted by Crippen LogP contribution is 2.22. The van der Waals surface area contributed by atoms with Crippen molar-refractivity contribution >= 4 is 40.7 Å². The molecule has 0 aromatic heterocycles. The second kappa shape index (κ2) is 8.18. The summed E-state index contributed by atoms with van der Waals surface area (Å²) in [6, 6.07) is 12.5.